The number of aliphatic hydroxyl groups excluding tert-OH is 1. The van der Waals surface area contributed by atoms with Gasteiger partial charge in [0.2, 0.25) is 0 Å². The van der Waals surface area contributed by atoms with E-state index in [-0.39, 0.29) is 57.3 Å². The highest BCUT2D eigenvalue weighted by Gasteiger charge is 2.71. The number of ether oxygens (including phenoxy) is 1. The third kappa shape index (κ3) is 5.55. The van der Waals surface area contributed by atoms with Crippen LogP contribution < -0.4 is 11.1 Å². The van der Waals surface area contributed by atoms with Crippen molar-refractivity contribution in [1.82, 2.24) is 10.3 Å². The number of ketones is 1. The zero-order valence-electron chi connectivity index (χ0n) is 33.6. The van der Waals surface area contributed by atoms with Crippen LogP contribution in [0.1, 0.15) is 132 Å². The summed E-state index contributed by atoms with van der Waals surface area (Å²) >= 11 is 1.42. The molecule has 294 valence electrons. The van der Waals surface area contributed by atoms with Crippen molar-refractivity contribution in [3.63, 3.8) is 0 Å². The average Bonchev–Trinajstić information content (AvgIpc) is 3.61. The summed E-state index contributed by atoms with van der Waals surface area (Å²) in [5, 5.41) is 27.7. The lowest BCUT2D eigenvalue weighted by atomic mass is 9.33. The van der Waals surface area contributed by atoms with Gasteiger partial charge in [-0.2, -0.15) is 0 Å². The van der Waals surface area contributed by atoms with Crippen LogP contribution in [0.25, 0.3) is 0 Å². The Morgan fingerprint density at radius 1 is 0.962 bits per heavy atom. The molecule has 53 heavy (non-hydrogen) atoms. The Morgan fingerprint density at radius 2 is 1.68 bits per heavy atom. The lowest BCUT2D eigenvalue weighted by Crippen LogP contribution is -2.66. The van der Waals surface area contributed by atoms with Gasteiger partial charge in [-0.25, -0.2) is 4.98 Å². The molecule has 0 aromatic carbocycles. The maximum absolute atomic E-state index is 14.0. The third-order valence-corrected chi connectivity index (χ3v) is 18.1. The van der Waals surface area contributed by atoms with E-state index in [9.17, 15) is 24.6 Å². The van der Waals surface area contributed by atoms with Crippen molar-refractivity contribution in [2.24, 2.45) is 68.0 Å². The smallest absolute Gasteiger partial charge is 0.309 e. The van der Waals surface area contributed by atoms with Gasteiger partial charge >= 0.3 is 11.9 Å². The Balaban J connectivity index is 1.13. The molecule has 0 spiro atoms. The normalized spacial score (nSPS) is 41.8. The second kappa shape index (κ2) is 12.9. The van der Waals surface area contributed by atoms with Crippen LogP contribution in [0.5, 0.6) is 0 Å². The number of fused-ring (bicyclic) bond motifs is 7. The van der Waals surface area contributed by atoms with Crippen molar-refractivity contribution in [3.05, 3.63) is 22.2 Å². The number of Topliss-reactive ketones (excluding diaryl/α,β-unsaturated/α-hetero) is 1. The number of carbonyl (C=O) groups excluding carboxylic acids is 2. The summed E-state index contributed by atoms with van der Waals surface area (Å²) in [5.41, 5.74) is 7.77. The average molecular weight is 752 g/mol. The zero-order valence-corrected chi connectivity index (χ0v) is 34.5. The van der Waals surface area contributed by atoms with Gasteiger partial charge in [-0.05, 0) is 109 Å². The summed E-state index contributed by atoms with van der Waals surface area (Å²) < 4.78 is 6.41. The van der Waals surface area contributed by atoms with Crippen molar-refractivity contribution in [3.8, 4) is 0 Å². The van der Waals surface area contributed by atoms with Gasteiger partial charge in [0.25, 0.3) is 0 Å². The van der Waals surface area contributed by atoms with Crippen LogP contribution >= 0.6 is 11.3 Å². The third-order valence-electron chi connectivity index (χ3n) is 17.4. The minimum absolute atomic E-state index is 0.0112. The molecule has 5 N–H and O–H groups in total. The molecular weight excluding hydrogens is 687 g/mol. The van der Waals surface area contributed by atoms with Gasteiger partial charge in [-0.15, -0.1) is 11.3 Å². The molecular formula is C43H65N3O6S. The number of carboxylic acid groups (broad SMARTS) is 1. The maximum Gasteiger partial charge on any atom is 0.309 e. The molecule has 0 amide bonds. The van der Waals surface area contributed by atoms with Gasteiger partial charge in [0, 0.05) is 35.7 Å². The molecule has 10 heteroatoms. The van der Waals surface area contributed by atoms with Crippen LogP contribution in [0.15, 0.2) is 16.5 Å². The van der Waals surface area contributed by atoms with E-state index in [1.165, 1.54) is 16.9 Å². The molecule has 6 aliphatic carbocycles. The first-order valence-corrected chi connectivity index (χ1v) is 21.3. The van der Waals surface area contributed by atoms with E-state index >= 15 is 0 Å². The highest BCUT2D eigenvalue weighted by Crippen LogP contribution is 2.77. The monoisotopic (exact) mass is 751 g/mol. The van der Waals surface area contributed by atoms with Gasteiger partial charge in [-0.1, -0.05) is 67.9 Å². The summed E-state index contributed by atoms with van der Waals surface area (Å²) in [5.74, 6) is -0.465. The van der Waals surface area contributed by atoms with Gasteiger partial charge < -0.3 is 26.0 Å². The lowest BCUT2D eigenvalue weighted by molar-refractivity contribution is -0.238. The Labute approximate surface area is 320 Å². The van der Waals surface area contributed by atoms with E-state index in [1.807, 2.05) is 19.2 Å². The number of hydrogen-bond donors (Lipinski definition) is 4. The largest absolute Gasteiger partial charge is 0.481 e. The number of nitrogen functional groups attached to an aromatic ring is 1. The number of hydrogen-bond acceptors (Lipinski definition) is 9. The lowest BCUT2D eigenvalue weighted by Gasteiger charge is -2.72. The summed E-state index contributed by atoms with van der Waals surface area (Å²) in [7, 11) is 0. The fourth-order valence-electron chi connectivity index (χ4n) is 14.2. The number of thiazole rings is 1. The molecule has 0 aliphatic heterocycles. The van der Waals surface area contributed by atoms with E-state index in [1.54, 1.807) is 0 Å². The van der Waals surface area contributed by atoms with Crippen LogP contribution in [-0.2, 0) is 25.7 Å². The second-order valence-electron chi connectivity index (χ2n) is 20.5. The van der Waals surface area contributed by atoms with E-state index in [0.717, 1.165) is 62.6 Å². The number of aliphatic hydroxyl groups is 1. The number of nitrogens with zero attached hydrogens (tertiary/aromatic N) is 1. The summed E-state index contributed by atoms with van der Waals surface area (Å²) in [6, 6.07) is 0. The standard InChI is InChI=1S/C43H65N3O6S/c1-23(2)33-28(47)19-43(31(48)21-45-20-24-22-53-37(44)46-24)17-16-41(8)25(34(33)43)10-11-30-40(7)14-13-32(39(5,6)29(40)12-15-42(30,41)9)52-36(51)27-18-26(35(49)50)38(27,3)4/h22-23,25-27,29-32,45,48H,10-21H2,1-9H3,(H2,44,46)(H,49,50)/t25-,26+,27-,29+,30-,31+,32+,40+,41-,42-,43+/m1/s1. The molecule has 6 aliphatic rings. The number of aliphatic carboxylic acids is 1. The minimum atomic E-state index is -0.830. The van der Waals surface area contributed by atoms with Crippen molar-refractivity contribution >= 4 is 34.2 Å². The Kier molecular flexibility index (Phi) is 9.46. The number of carboxylic acids is 1. The number of esters is 1. The predicted octanol–water partition coefficient (Wildman–Crippen LogP) is 7.82. The molecule has 0 saturated heterocycles. The predicted molar refractivity (Wildman–Crippen MR) is 207 cm³/mol. The summed E-state index contributed by atoms with van der Waals surface area (Å²) in [6.45, 7) is 21.3. The molecule has 9 nitrogen and oxygen atoms in total. The number of allylic oxidation sites excluding steroid dienone is 1. The van der Waals surface area contributed by atoms with Crippen LogP contribution in [0, 0.1) is 68.0 Å². The van der Waals surface area contributed by atoms with Gasteiger partial charge in [0.05, 0.1) is 23.6 Å². The van der Waals surface area contributed by atoms with E-state index < -0.39 is 28.8 Å². The molecule has 5 saturated carbocycles. The Morgan fingerprint density at radius 3 is 2.30 bits per heavy atom. The van der Waals surface area contributed by atoms with Crippen molar-refractivity contribution in [2.45, 2.75) is 145 Å². The molecule has 11 atom stereocenters. The first-order valence-electron chi connectivity index (χ1n) is 20.4. The quantitative estimate of drug-likeness (QED) is 0.185. The van der Waals surface area contributed by atoms with Crippen LogP contribution in [0.2, 0.25) is 0 Å². The molecule has 0 radical (unpaired) electrons. The van der Waals surface area contributed by atoms with Gasteiger partial charge in [0.15, 0.2) is 10.9 Å². The van der Waals surface area contributed by atoms with Gasteiger partial charge in [0.1, 0.15) is 6.10 Å². The fourth-order valence-corrected chi connectivity index (χ4v) is 14.7. The number of anilines is 1. The van der Waals surface area contributed by atoms with Gasteiger partial charge in [-0.3, -0.25) is 14.4 Å². The number of nitrogens with one attached hydrogen (secondary N) is 1. The molecule has 0 bridgehead atoms. The number of nitrogens with two attached hydrogens (primary N) is 1. The molecule has 7 rings (SSSR count). The van der Waals surface area contributed by atoms with Crippen LogP contribution in [0.3, 0.4) is 0 Å². The Bertz CT molecular complexity index is 1700. The zero-order chi connectivity index (χ0) is 38.7. The first kappa shape index (κ1) is 39.0. The molecule has 5 fully saturated rings. The van der Waals surface area contributed by atoms with Crippen molar-refractivity contribution in [2.75, 3.05) is 12.3 Å². The highest BCUT2D eigenvalue weighted by molar-refractivity contribution is 7.13. The SMILES string of the molecule is CC(C)C1=C2[C@H]3CC[C@@H]4[C@@]5(C)CC[C@H](OC(=O)[C@H]6C[C@@H](C(=O)O)C6(C)C)C(C)(C)[C@@H]5CC[C@@]4(C)[C@]3(C)CC[C@@]2([C@@H](O)CNCc2csc(N)n2)CC1=O. The molecule has 1 aromatic heterocycles. The number of aromatic nitrogens is 1. The minimum Gasteiger partial charge on any atom is -0.481 e. The van der Waals surface area contributed by atoms with Crippen molar-refractivity contribution < 1.29 is 29.3 Å². The number of rotatable bonds is 9. The first-order chi connectivity index (χ1) is 24.6. The van der Waals surface area contributed by atoms with Crippen molar-refractivity contribution in [1.29, 1.82) is 0 Å². The molecule has 1 aromatic rings. The van der Waals surface area contributed by atoms with E-state index in [0.29, 0.717) is 42.9 Å². The number of carbonyl (C=O) groups is 3. The van der Waals surface area contributed by atoms with E-state index in [2.05, 4.69) is 58.8 Å². The summed E-state index contributed by atoms with van der Waals surface area (Å²) in [6.07, 6.45) is 7.81. The van der Waals surface area contributed by atoms with Crippen LogP contribution in [-0.4, -0.2) is 51.7 Å². The van der Waals surface area contributed by atoms with Crippen LogP contribution in [0.4, 0.5) is 5.13 Å². The Hall–Kier alpha value is -2.30. The summed E-state index contributed by atoms with van der Waals surface area (Å²) in [4.78, 5) is 43.8. The topological polar surface area (TPSA) is 152 Å². The second-order valence-corrected chi connectivity index (χ2v) is 21.4. The fraction of sp³-hybridized carbons (Fsp3) is 0.814. The molecule has 0 unspecified atom stereocenters. The molecule has 1 heterocycles. The maximum atomic E-state index is 14.0. The highest BCUT2D eigenvalue weighted by atomic mass is 32.1. The van der Waals surface area contributed by atoms with E-state index in [4.69, 9.17) is 10.5 Å².